The standard InChI is InChI=1S/C10H11ClNO/c1-12-10(7-13)6-8-2-4-9(11)5-3-8/h2-5,10,12H,6H2,1H3/t10-/m0/s1. The summed E-state index contributed by atoms with van der Waals surface area (Å²) in [5.41, 5.74) is 1.08. The van der Waals surface area contributed by atoms with Crippen molar-refractivity contribution in [2.75, 3.05) is 7.05 Å². The van der Waals surface area contributed by atoms with E-state index in [0.717, 1.165) is 5.56 Å². The van der Waals surface area contributed by atoms with Crippen molar-refractivity contribution in [2.24, 2.45) is 0 Å². The number of nitrogens with one attached hydrogen (secondary N) is 1. The lowest BCUT2D eigenvalue weighted by molar-refractivity contribution is 0.526. The Morgan fingerprint density at radius 1 is 1.46 bits per heavy atom. The van der Waals surface area contributed by atoms with Crippen LogP contribution < -0.4 is 5.32 Å². The topological polar surface area (TPSA) is 29.1 Å². The molecule has 69 valence electrons. The maximum Gasteiger partial charge on any atom is 0.217 e. The molecule has 0 aliphatic carbocycles. The first-order valence-corrected chi connectivity index (χ1v) is 4.43. The Balaban J connectivity index is 2.63. The summed E-state index contributed by atoms with van der Waals surface area (Å²) < 4.78 is 0. The van der Waals surface area contributed by atoms with Crippen molar-refractivity contribution in [1.82, 2.24) is 5.32 Å². The lowest BCUT2D eigenvalue weighted by Gasteiger charge is -2.07. The Morgan fingerprint density at radius 2 is 2.08 bits per heavy atom. The molecular weight excluding hydrogens is 186 g/mol. The summed E-state index contributed by atoms with van der Waals surface area (Å²) in [5.74, 6) is 0. The lowest BCUT2D eigenvalue weighted by Crippen LogP contribution is -2.28. The third kappa shape index (κ3) is 3.17. The second-order valence-corrected chi connectivity index (χ2v) is 3.23. The minimum atomic E-state index is -0.235. The van der Waals surface area contributed by atoms with Gasteiger partial charge >= 0.3 is 0 Å². The van der Waals surface area contributed by atoms with Crippen LogP contribution in [-0.4, -0.2) is 19.4 Å². The molecule has 1 N–H and O–H groups in total. The molecule has 3 heteroatoms. The van der Waals surface area contributed by atoms with Crippen molar-refractivity contribution >= 4 is 17.9 Å². The monoisotopic (exact) mass is 196 g/mol. The van der Waals surface area contributed by atoms with Gasteiger partial charge in [0.2, 0.25) is 6.29 Å². The first-order valence-electron chi connectivity index (χ1n) is 4.05. The molecule has 1 radical (unpaired) electrons. The summed E-state index contributed by atoms with van der Waals surface area (Å²) >= 11 is 5.72. The first kappa shape index (κ1) is 10.2. The number of benzene rings is 1. The molecule has 0 bridgehead atoms. The van der Waals surface area contributed by atoms with Crippen LogP contribution in [0.4, 0.5) is 0 Å². The van der Waals surface area contributed by atoms with Crippen molar-refractivity contribution < 1.29 is 4.79 Å². The predicted octanol–water partition coefficient (Wildman–Crippen LogP) is 1.58. The lowest BCUT2D eigenvalue weighted by atomic mass is 10.1. The van der Waals surface area contributed by atoms with Gasteiger partial charge in [0.1, 0.15) is 0 Å². The Morgan fingerprint density at radius 3 is 2.54 bits per heavy atom. The van der Waals surface area contributed by atoms with E-state index in [1.54, 1.807) is 7.05 Å². The largest absolute Gasteiger partial charge is 0.310 e. The van der Waals surface area contributed by atoms with Crippen molar-refractivity contribution in [3.63, 3.8) is 0 Å². The second-order valence-electron chi connectivity index (χ2n) is 2.79. The van der Waals surface area contributed by atoms with Gasteiger partial charge in [-0.1, -0.05) is 23.7 Å². The Kier molecular flexibility index (Phi) is 3.93. The summed E-state index contributed by atoms with van der Waals surface area (Å²) in [4.78, 5) is 10.4. The highest BCUT2D eigenvalue weighted by Crippen LogP contribution is 2.10. The van der Waals surface area contributed by atoms with E-state index >= 15 is 0 Å². The fourth-order valence-corrected chi connectivity index (χ4v) is 1.18. The van der Waals surface area contributed by atoms with Crippen molar-refractivity contribution in [1.29, 1.82) is 0 Å². The number of likely N-dealkylation sites (N-methyl/N-ethyl adjacent to an activating group) is 1. The van der Waals surface area contributed by atoms with E-state index in [1.165, 1.54) is 0 Å². The summed E-state index contributed by atoms with van der Waals surface area (Å²) in [6.45, 7) is 0. The average molecular weight is 197 g/mol. The van der Waals surface area contributed by atoms with Gasteiger partial charge in [0.15, 0.2) is 0 Å². The molecule has 0 amide bonds. The van der Waals surface area contributed by atoms with E-state index < -0.39 is 0 Å². The van der Waals surface area contributed by atoms with Crippen molar-refractivity contribution in [2.45, 2.75) is 12.5 Å². The number of halogens is 1. The number of hydrogen-bond donors (Lipinski definition) is 1. The molecular formula is C10H11ClNO. The van der Waals surface area contributed by atoms with Gasteiger partial charge in [-0.05, 0) is 31.2 Å². The molecule has 1 atom stereocenters. The van der Waals surface area contributed by atoms with Crippen LogP contribution >= 0.6 is 11.6 Å². The molecule has 0 unspecified atom stereocenters. The van der Waals surface area contributed by atoms with Crippen LogP contribution in [0.15, 0.2) is 24.3 Å². The molecule has 1 aromatic carbocycles. The van der Waals surface area contributed by atoms with E-state index in [4.69, 9.17) is 11.6 Å². The molecule has 0 aliphatic heterocycles. The van der Waals surface area contributed by atoms with Crippen LogP contribution in [0.5, 0.6) is 0 Å². The maximum absolute atomic E-state index is 10.4. The quantitative estimate of drug-likeness (QED) is 0.793. The van der Waals surface area contributed by atoms with Gasteiger partial charge < -0.3 is 5.32 Å². The zero-order chi connectivity index (χ0) is 9.68. The molecule has 0 saturated carbocycles. The Hall–Kier alpha value is -0.860. The SMILES string of the molecule is CN[C@H]([C]=O)Cc1ccc(Cl)cc1. The second kappa shape index (κ2) is 5.00. The molecule has 0 spiro atoms. The van der Waals surface area contributed by atoms with E-state index in [0.29, 0.717) is 11.4 Å². The van der Waals surface area contributed by atoms with E-state index in [9.17, 15) is 4.79 Å². The molecule has 0 aromatic heterocycles. The van der Waals surface area contributed by atoms with Crippen LogP contribution in [0, 0.1) is 0 Å². The highest BCUT2D eigenvalue weighted by Gasteiger charge is 2.05. The summed E-state index contributed by atoms with van der Waals surface area (Å²) in [5, 5.41) is 3.57. The number of carbonyl (C=O) groups excluding carboxylic acids is 1. The van der Waals surface area contributed by atoms with Crippen molar-refractivity contribution in [3.8, 4) is 0 Å². The van der Waals surface area contributed by atoms with Gasteiger partial charge in [0.25, 0.3) is 0 Å². The zero-order valence-corrected chi connectivity index (χ0v) is 8.14. The van der Waals surface area contributed by atoms with Gasteiger partial charge in [-0.25, -0.2) is 0 Å². The highest BCUT2D eigenvalue weighted by molar-refractivity contribution is 6.30. The van der Waals surface area contributed by atoms with Crippen LogP contribution in [0.2, 0.25) is 5.02 Å². The van der Waals surface area contributed by atoms with Crippen LogP contribution in [0.1, 0.15) is 5.56 Å². The van der Waals surface area contributed by atoms with Gasteiger partial charge in [-0.3, -0.25) is 4.79 Å². The average Bonchev–Trinajstić information content (AvgIpc) is 2.17. The fraction of sp³-hybridized carbons (Fsp3) is 0.300. The zero-order valence-electron chi connectivity index (χ0n) is 7.38. The van der Waals surface area contributed by atoms with E-state index in [2.05, 4.69) is 5.32 Å². The molecule has 0 fully saturated rings. The molecule has 1 rings (SSSR count). The normalized spacial score (nSPS) is 12.5. The predicted molar refractivity (Wildman–Crippen MR) is 53.7 cm³/mol. The molecule has 2 nitrogen and oxygen atoms in total. The summed E-state index contributed by atoms with van der Waals surface area (Å²) in [6, 6.07) is 7.21. The van der Waals surface area contributed by atoms with E-state index in [1.807, 2.05) is 30.6 Å². The third-order valence-corrected chi connectivity index (χ3v) is 2.10. The first-order chi connectivity index (χ1) is 6.26. The molecule has 13 heavy (non-hydrogen) atoms. The number of rotatable bonds is 4. The Bertz CT molecular complexity index is 271. The fourth-order valence-electron chi connectivity index (χ4n) is 1.06. The maximum atomic E-state index is 10.4. The summed E-state index contributed by atoms with van der Waals surface area (Å²) in [6.07, 6.45) is 2.57. The summed E-state index contributed by atoms with van der Waals surface area (Å²) in [7, 11) is 1.74. The van der Waals surface area contributed by atoms with Gasteiger partial charge in [0, 0.05) is 5.02 Å². The molecule has 0 heterocycles. The van der Waals surface area contributed by atoms with Crippen LogP contribution in [0.3, 0.4) is 0 Å². The van der Waals surface area contributed by atoms with Gasteiger partial charge in [0.05, 0.1) is 6.04 Å². The van der Waals surface area contributed by atoms with Crippen LogP contribution in [-0.2, 0) is 11.2 Å². The minimum Gasteiger partial charge on any atom is -0.310 e. The third-order valence-electron chi connectivity index (χ3n) is 1.84. The smallest absolute Gasteiger partial charge is 0.217 e. The number of hydrogen-bond acceptors (Lipinski definition) is 2. The van der Waals surface area contributed by atoms with Crippen molar-refractivity contribution in [3.05, 3.63) is 34.9 Å². The minimum absolute atomic E-state index is 0.235. The van der Waals surface area contributed by atoms with Crippen LogP contribution in [0.25, 0.3) is 0 Å². The van der Waals surface area contributed by atoms with Gasteiger partial charge in [-0.15, -0.1) is 0 Å². The van der Waals surface area contributed by atoms with E-state index in [-0.39, 0.29) is 6.04 Å². The molecule has 0 saturated heterocycles. The Labute approximate surface area is 82.9 Å². The molecule has 0 aliphatic rings. The highest BCUT2D eigenvalue weighted by atomic mass is 35.5. The van der Waals surface area contributed by atoms with Gasteiger partial charge in [-0.2, -0.15) is 0 Å². The molecule has 1 aromatic rings.